The molecule has 0 unspecified atom stereocenters. The third-order valence-electron chi connectivity index (χ3n) is 2.32. The maximum atomic E-state index is 12.0. The van der Waals surface area contributed by atoms with Crippen molar-refractivity contribution in [1.29, 1.82) is 0 Å². The Morgan fingerprint density at radius 1 is 1.35 bits per heavy atom. The highest BCUT2D eigenvalue weighted by molar-refractivity contribution is 6.01. The number of hydrogen-bond acceptors (Lipinski definition) is 3. The SMILES string of the molecule is CN(C/C=C\CO)C(=O)c1ccccc1C=O. The summed E-state index contributed by atoms with van der Waals surface area (Å²) in [6.45, 7) is 0.347. The standard InChI is InChI=1S/C13H15NO3/c1-14(8-4-5-9-15)13(17)12-7-3-2-6-11(12)10-16/h2-7,10,15H,8-9H2,1H3/b5-4-. The highest BCUT2D eigenvalue weighted by atomic mass is 16.2. The molecule has 0 spiro atoms. The van der Waals surface area contributed by atoms with Crippen molar-refractivity contribution >= 4 is 12.2 Å². The number of carbonyl (C=O) groups is 2. The van der Waals surface area contributed by atoms with Crippen molar-refractivity contribution in [3.8, 4) is 0 Å². The van der Waals surface area contributed by atoms with Gasteiger partial charge in [-0.05, 0) is 6.07 Å². The number of aliphatic hydroxyl groups is 1. The number of likely N-dealkylation sites (N-methyl/N-ethyl adjacent to an activating group) is 1. The minimum atomic E-state index is -0.213. The van der Waals surface area contributed by atoms with Gasteiger partial charge in [-0.25, -0.2) is 0 Å². The highest BCUT2D eigenvalue weighted by Gasteiger charge is 2.13. The van der Waals surface area contributed by atoms with E-state index in [9.17, 15) is 9.59 Å². The fourth-order valence-corrected chi connectivity index (χ4v) is 1.39. The van der Waals surface area contributed by atoms with E-state index in [1.165, 1.54) is 4.90 Å². The van der Waals surface area contributed by atoms with Crippen LogP contribution in [-0.2, 0) is 0 Å². The van der Waals surface area contributed by atoms with E-state index in [4.69, 9.17) is 5.11 Å². The second kappa shape index (κ2) is 6.60. The first-order valence-electron chi connectivity index (χ1n) is 5.26. The third kappa shape index (κ3) is 3.53. The van der Waals surface area contributed by atoms with Crippen molar-refractivity contribution in [2.45, 2.75) is 0 Å². The molecule has 0 aliphatic heterocycles. The van der Waals surface area contributed by atoms with E-state index in [2.05, 4.69) is 0 Å². The molecule has 0 aliphatic rings. The second-order valence-electron chi connectivity index (χ2n) is 3.54. The van der Waals surface area contributed by atoms with Gasteiger partial charge in [-0.2, -0.15) is 0 Å². The minimum Gasteiger partial charge on any atom is -0.392 e. The zero-order valence-corrected chi connectivity index (χ0v) is 9.67. The van der Waals surface area contributed by atoms with Gasteiger partial charge in [-0.3, -0.25) is 9.59 Å². The summed E-state index contributed by atoms with van der Waals surface area (Å²) in [4.78, 5) is 24.3. The Bertz CT molecular complexity index is 426. The molecule has 1 rings (SSSR count). The van der Waals surface area contributed by atoms with Crippen molar-refractivity contribution < 1.29 is 14.7 Å². The first kappa shape index (κ1) is 13.1. The molecule has 4 nitrogen and oxygen atoms in total. The summed E-state index contributed by atoms with van der Waals surface area (Å²) in [7, 11) is 1.64. The Balaban J connectivity index is 2.81. The minimum absolute atomic E-state index is 0.0487. The molecule has 0 saturated heterocycles. The zero-order chi connectivity index (χ0) is 12.7. The van der Waals surface area contributed by atoms with Crippen LogP contribution in [0, 0.1) is 0 Å². The van der Waals surface area contributed by atoms with Crippen LogP contribution in [0.4, 0.5) is 0 Å². The lowest BCUT2D eigenvalue weighted by Crippen LogP contribution is -2.27. The number of aldehydes is 1. The summed E-state index contributed by atoms with van der Waals surface area (Å²) in [6, 6.07) is 6.67. The molecule has 0 aromatic heterocycles. The quantitative estimate of drug-likeness (QED) is 0.612. The first-order valence-corrected chi connectivity index (χ1v) is 5.26. The van der Waals surface area contributed by atoms with Crippen LogP contribution in [0.25, 0.3) is 0 Å². The van der Waals surface area contributed by atoms with Gasteiger partial charge in [-0.15, -0.1) is 0 Å². The number of amides is 1. The Kier molecular flexibility index (Phi) is 5.10. The number of nitrogens with zero attached hydrogens (tertiary/aromatic N) is 1. The molecule has 0 heterocycles. The molecular formula is C13H15NO3. The third-order valence-corrected chi connectivity index (χ3v) is 2.32. The summed E-state index contributed by atoms with van der Waals surface area (Å²) < 4.78 is 0. The first-order chi connectivity index (χ1) is 8.20. The molecule has 17 heavy (non-hydrogen) atoms. The van der Waals surface area contributed by atoms with Crippen LogP contribution >= 0.6 is 0 Å². The summed E-state index contributed by atoms with van der Waals surface area (Å²) in [5, 5.41) is 8.58. The van der Waals surface area contributed by atoms with E-state index in [0.717, 1.165) is 0 Å². The van der Waals surface area contributed by atoms with Gasteiger partial charge in [0.05, 0.1) is 12.2 Å². The van der Waals surface area contributed by atoms with E-state index in [-0.39, 0.29) is 12.5 Å². The maximum Gasteiger partial charge on any atom is 0.254 e. The molecule has 0 bridgehead atoms. The van der Waals surface area contributed by atoms with Gasteiger partial charge in [0.2, 0.25) is 0 Å². The zero-order valence-electron chi connectivity index (χ0n) is 9.67. The van der Waals surface area contributed by atoms with E-state index in [1.54, 1.807) is 43.5 Å². The van der Waals surface area contributed by atoms with E-state index >= 15 is 0 Å². The highest BCUT2D eigenvalue weighted by Crippen LogP contribution is 2.08. The molecule has 0 saturated carbocycles. The van der Waals surface area contributed by atoms with Crippen molar-refractivity contribution in [1.82, 2.24) is 4.90 Å². The molecule has 1 aromatic rings. The molecule has 0 radical (unpaired) electrons. The number of hydrogen-bond donors (Lipinski definition) is 1. The average Bonchev–Trinajstić information content (AvgIpc) is 2.38. The Morgan fingerprint density at radius 2 is 2.06 bits per heavy atom. The Morgan fingerprint density at radius 3 is 2.71 bits per heavy atom. The van der Waals surface area contributed by atoms with Crippen LogP contribution in [0.15, 0.2) is 36.4 Å². The summed E-state index contributed by atoms with van der Waals surface area (Å²) >= 11 is 0. The number of carbonyl (C=O) groups excluding carboxylic acids is 2. The fraction of sp³-hybridized carbons (Fsp3) is 0.231. The van der Waals surface area contributed by atoms with Gasteiger partial charge in [-0.1, -0.05) is 30.4 Å². The smallest absolute Gasteiger partial charge is 0.254 e. The molecule has 1 N–H and O–H groups in total. The lowest BCUT2D eigenvalue weighted by Gasteiger charge is -2.15. The molecule has 1 amide bonds. The molecule has 4 heteroatoms. The predicted octanol–water partition coefficient (Wildman–Crippen LogP) is 1.12. The number of aliphatic hydroxyl groups excluding tert-OH is 1. The molecule has 1 aromatic carbocycles. The van der Waals surface area contributed by atoms with Gasteiger partial charge in [0.15, 0.2) is 6.29 Å². The van der Waals surface area contributed by atoms with Crippen LogP contribution in [0.3, 0.4) is 0 Å². The van der Waals surface area contributed by atoms with Crippen LogP contribution in [0.2, 0.25) is 0 Å². The van der Waals surface area contributed by atoms with Crippen LogP contribution in [-0.4, -0.2) is 42.4 Å². The molecule has 0 atom stereocenters. The van der Waals surface area contributed by atoms with Crippen molar-refractivity contribution in [2.75, 3.05) is 20.2 Å². The van der Waals surface area contributed by atoms with Gasteiger partial charge in [0, 0.05) is 19.2 Å². The van der Waals surface area contributed by atoms with Crippen molar-refractivity contribution in [3.63, 3.8) is 0 Å². The molecule has 90 valence electrons. The Hall–Kier alpha value is -1.94. The number of rotatable bonds is 5. The van der Waals surface area contributed by atoms with Crippen LogP contribution in [0.5, 0.6) is 0 Å². The van der Waals surface area contributed by atoms with Gasteiger partial charge < -0.3 is 10.0 Å². The molecule has 0 aliphatic carbocycles. The second-order valence-corrected chi connectivity index (χ2v) is 3.54. The van der Waals surface area contributed by atoms with Crippen LogP contribution in [0.1, 0.15) is 20.7 Å². The summed E-state index contributed by atoms with van der Waals surface area (Å²) in [5.41, 5.74) is 0.776. The van der Waals surface area contributed by atoms with Gasteiger partial charge >= 0.3 is 0 Å². The van der Waals surface area contributed by atoms with Crippen molar-refractivity contribution in [3.05, 3.63) is 47.5 Å². The molecular weight excluding hydrogens is 218 g/mol. The Labute approximate surface area is 100 Å². The van der Waals surface area contributed by atoms with Gasteiger partial charge in [0.25, 0.3) is 5.91 Å². The van der Waals surface area contributed by atoms with Crippen molar-refractivity contribution in [2.24, 2.45) is 0 Å². The average molecular weight is 233 g/mol. The summed E-state index contributed by atoms with van der Waals surface area (Å²) in [5.74, 6) is -0.213. The lowest BCUT2D eigenvalue weighted by molar-refractivity contribution is 0.0806. The van der Waals surface area contributed by atoms with E-state index in [1.807, 2.05) is 0 Å². The van der Waals surface area contributed by atoms with Crippen LogP contribution < -0.4 is 0 Å². The maximum absolute atomic E-state index is 12.0. The number of benzene rings is 1. The summed E-state index contributed by atoms with van der Waals surface area (Å²) in [6.07, 6.45) is 3.93. The van der Waals surface area contributed by atoms with E-state index < -0.39 is 0 Å². The van der Waals surface area contributed by atoms with E-state index in [0.29, 0.717) is 24.0 Å². The van der Waals surface area contributed by atoms with Gasteiger partial charge in [0.1, 0.15) is 0 Å². The molecule has 0 fully saturated rings. The predicted molar refractivity (Wildman–Crippen MR) is 65.0 cm³/mol. The largest absolute Gasteiger partial charge is 0.392 e. The normalized spacial score (nSPS) is 10.5. The lowest BCUT2D eigenvalue weighted by atomic mass is 10.1. The fourth-order valence-electron chi connectivity index (χ4n) is 1.39. The monoisotopic (exact) mass is 233 g/mol. The topological polar surface area (TPSA) is 57.6 Å².